The number of halogens is 1. The van der Waals surface area contributed by atoms with E-state index in [1.165, 1.54) is 5.69 Å². The molecule has 1 rings (SSSR count). The van der Waals surface area contributed by atoms with E-state index in [0.29, 0.717) is 12.6 Å². The smallest absolute Gasteiger partial charge is 0.0459 e. The molecule has 0 saturated heterocycles. The number of hydrogen-bond acceptors (Lipinski definition) is 2. The second-order valence-electron chi connectivity index (χ2n) is 4.19. The molecule has 0 fully saturated rings. The quantitative estimate of drug-likeness (QED) is 0.857. The molecule has 0 aliphatic rings. The number of rotatable bonds is 5. The van der Waals surface area contributed by atoms with Crippen molar-refractivity contribution < 1.29 is 0 Å². The van der Waals surface area contributed by atoms with Crippen LogP contribution in [0.2, 0.25) is 5.02 Å². The molecule has 0 spiro atoms. The zero-order chi connectivity index (χ0) is 12.1. The van der Waals surface area contributed by atoms with Crippen molar-refractivity contribution in [3.63, 3.8) is 0 Å². The van der Waals surface area contributed by atoms with Gasteiger partial charge in [-0.2, -0.15) is 0 Å². The van der Waals surface area contributed by atoms with E-state index in [9.17, 15) is 0 Å². The Labute approximate surface area is 103 Å². The molecule has 0 amide bonds. The van der Waals surface area contributed by atoms with Crippen LogP contribution in [0, 0.1) is 0 Å². The van der Waals surface area contributed by atoms with Crippen molar-refractivity contribution in [2.45, 2.75) is 33.2 Å². The predicted molar refractivity (Wildman–Crippen MR) is 72.4 cm³/mol. The number of nitrogens with two attached hydrogens (primary N) is 1. The maximum atomic E-state index is 6.23. The number of benzene rings is 1. The Kier molecular flexibility index (Phi) is 5.10. The lowest BCUT2D eigenvalue weighted by Crippen LogP contribution is -2.30. The summed E-state index contributed by atoms with van der Waals surface area (Å²) in [4.78, 5) is 2.32. The Bertz CT molecular complexity index is 337. The van der Waals surface area contributed by atoms with Crippen molar-refractivity contribution in [2.24, 2.45) is 5.73 Å². The molecule has 16 heavy (non-hydrogen) atoms. The zero-order valence-corrected chi connectivity index (χ0v) is 11.1. The fraction of sp³-hybridized carbons (Fsp3) is 0.538. The summed E-state index contributed by atoms with van der Waals surface area (Å²) in [6.07, 6.45) is 0.840. The summed E-state index contributed by atoms with van der Waals surface area (Å²) >= 11 is 6.23. The van der Waals surface area contributed by atoms with Gasteiger partial charge in [0.2, 0.25) is 0 Å². The molecule has 0 heterocycles. The van der Waals surface area contributed by atoms with Crippen LogP contribution in [0.15, 0.2) is 18.2 Å². The van der Waals surface area contributed by atoms with Crippen molar-refractivity contribution in [1.29, 1.82) is 0 Å². The van der Waals surface area contributed by atoms with Gasteiger partial charge < -0.3 is 10.6 Å². The van der Waals surface area contributed by atoms with Crippen LogP contribution in [0.25, 0.3) is 0 Å². The first-order chi connectivity index (χ1) is 7.60. The second kappa shape index (κ2) is 6.12. The molecular weight excluding hydrogens is 220 g/mol. The van der Waals surface area contributed by atoms with Crippen LogP contribution in [0.4, 0.5) is 5.69 Å². The SMILES string of the molecule is CCN(c1ccc(CCN)c(Cl)c1)C(C)C. The molecule has 0 atom stereocenters. The third kappa shape index (κ3) is 3.13. The third-order valence-corrected chi connectivity index (χ3v) is 3.10. The minimum Gasteiger partial charge on any atom is -0.369 e. The fourth-order valence-electron chi connectivity index (χ4n) is 1.92. The normalized spacial score (nSPS) is 10.9. The lowest BCUT2D eigenvalue weighted by atomic mass is 10.1. The van der Waals surface area contributed by atoms with E-state index in [0.717, 1.165) is 23.6 Å². The summed E-state index contributed by atoms with van der Waals surface area (Å²) in [6.45, 7) is 8.16. The highest BCUT2D eigenvalue weighted by Crippen LogP contribution is 2.25. The number of hydrogen-bond donors (Lipinski definition) is 1. The summed E-state index contributed by atoms with van der Waals surface area (Å²) in [5, 5.41) is 0.821. The van der Waals surface area contributed by atoms with Gasteiger partial charge in [-0.3, -0.25) is 0 Å². The lowest BCUT2D eigenvalue weighted by molar-refractivity contribution is 0.703. The predicted octanol–water partition coefficient (Wildman–Crippen LogP) is 3.08. The minimum absolute atomic E-state index is 0.487. The Hall–Kier alpha value is -0.730. The van der Waals surface area contributed by atoms with Gasteiger partial charge in [0.25, 0.3) is 0 Å². The van der Waals surface area contributed by atoms with Gasteiger partial charge in [0.15, 0.2) is 0 Å². The first-order valence-electron chi connectivity index (χ1n) is 5.85. The molecule has 1 aromatic rings. The van der Waals surface area contributed by atoms with Gasteiger partial charge in [-0.25, -0.2) is 0 Å². The first kappa shape index (κ1) is 13.3. The Balaban J connectivity index is 2.95. The molecule has 0 aliphatic heterocycles. The molecule has 0 aromatic heterocycles. The van der Waals surface area contributed by atoms with E-state index >= 15 is 0 Å². The van der Waals surface area contributed by atoms with E-state index in [-0.39, 0.29) is 0 Å². The number of nitrogens with zero attached hydrogens (tertiary/aromatic N) is 1. The van der Waals surface area contributed by atoms with E-state index in [1.807, 2.05) is 6.07 Å². The average molecular weight is 241 g/mol. The molecule has 0 aliphatic carbocycles. The minimum atomic E-state index is 0.487. The van der Waals surface area contributed by atoms with Crippen LogP contribution in [-0.4, -0.2) is 19.1 Å². The highest BCUT2D eigenvalue weighted by atomic mass is 35.5. The monoisotopic (exact) mass is 240 g/mol. The van der Waals surface area contributed by atoms with Crippen LogP contribution < -0.4 is 10.6 Å². The molecule has 3 heteroatoms. The lowest BCUT2D eigenvalue weighted by Gasteiger charge is -2.28. The summed E-state index contributed by atoms with van der Waals surface area (Å²) in [7, 11) is 0. The van der Waals surface area contributed by atoms with Crippen LogP contribution in [0.5, 0.6) is 0 Å². The molecule has 2 N–H and O–H groups in total. The zero-order valence-electron chi connectivity index (χ0n) is 10.3. The highest BCUT2D eigenvalue weighted by Gasteiger charge is 2.09. The van der Waals surface area contributed by atoms with Gasteiger partial charge in [-0.1, -0.05) is 17.7 Å². The van der Waals surface area contributed by atoms with Gasteiger partial charge in [0, 0.05) is 23.3 Å². The van der Waals surface area contributed by atoms with Crippen molar-refractivity contribution >= 4 is 17.3 Å². The topological polar surface area (TPSA) is 29.3 Å². The van der Waals surface area contributed by atoms with Gasteiger partial charge in [-0.15, -0.1) is 0 Å². The summed E-state index contributed by atoms with van der Waals surface area (Å²) in [5.74, 6) is 0. The van der Waals surface area contributed by atoms with Gasteiger partial charge in [-0.05, 0) is 51.4 Å². The highest BCUT2D eigenvalue weighted by molar-refractivity contribution is 6.31. The molecule has 0 saturated carbocycles. The van der Waals surface area contributed by atoms with E-state index in [2.05, 4.69) is 37.8 Å². The molecule has 0 unspecified atom stereocenters. The van der Waals surface area contributed by atoms with Crippen molar-refractivity contribution in [3.8, 4) is 0 Å². The van der Waals surface area contributed by atoms with Crippen LogP contribution in [0.3, 0.4) is 0 Å². The van der Waals surface area contributed by atoms with Crippen LogP contribution in [-0.2, 0) is 6.42 Å². The van der Waals surface area contributed by atoms with E-state index in [4.69, 9.17) is 17.3 Å². The molecule has 0 radical (unpaired) electrons. The van der Waals surface area contributed by atoms with Gasteiger partial charge in [0.05, 0.1) is 0 Å². The average Bonchev–Trinajstić information content (AvgIpc) is 2.22. The largest absolute Gasteiger partial charge is 0.369 e. The maximum absolute atomic E-state index is 6.23. The Morgan fingerprint density at radius 3 is 2.50 bits per heavy atom. The molecular formula is C13H21ClN2. The number of anilines is 1. The fourth-order valence-corrected chi connectivity index (χ4v) is 2.19. The van der Waals surface area contributed by atoms with Crippen LogP contribution >= 0.6 is 11.6 Å². The van der Waals surface area contributed by atoms with E-state index in [1.54, 1.807) is 0 Å². The van der Waals surface area contributed by atoms with Gasteiger partial charge in [0.1, 0.15) is 0 Å². The summed E-state index contributed by atoms with van der Waals surface area (Å²) in [5.41, 5.74) is 7.85. The maximum Gasteiger partial charge on any atom is 0.0459 e. The molecule has 90 valence electrons. The first-order valence-corrected chi connectivity index (χ1v) is 6.23. The Morgan fingerprint density at radius 1 is 1.38 bits per heavy atom. The standard InChI is InChI=1S/C13H21ClN2/c1-4-16(10(2)3)12-6-5-11(7-8-15)13(14)9-12/h5-6,9-10H,4,7-8,15H2,1-3H3. The van der Waals surface area contributed by atoms with Crippen LogP contribution in [0.1, 0.15) is 26.3 Å². The summed E-state index contributed by atoms with van der Waals surface area (Å²) < 4.78 is 0. The van der Waals surface area contributed by atoms with Crippen molar-refractivity contribution in [2.75, 3.05) is 18.0 Å². The molecule has 2 nitrogen and oxygen atoms in total. The molecule has 1 aromatic carbocycles. The van der Waals surface area contributed by atoms with E-state index < -0.39 is 0 Å². The Morgan fingerprint density at radius 2 is 2.06 bits per heavy atom. The summed E-state index contributed by atoms with van der Waals surface area (Å²) in [6, 6.07) is 6.73. The van der Waals surface area contributed by atoms with Crippen molar-refractivity contribution in [3.05, 3.63) is 28.8 Å². The van der Waals surface area contributed by atoms with Gasteiger partial charge >= 0.3 is 0 Å². The second-order valence-corrected chi connectivity index (χ2v) is 4.60. The third-order valence-electron chi connectivity index (χ3n) is 2.75. The molecule has 0 bridgehead atoms. The van der Waals surface area contributed by atoms with Crippen molar-refractivity contribution in [1.82, 2.24) is 0 Å².